The van der Waals surface area contributed by atoms with E-state index < -0.39 is 0 Å². The van der Waals surface area contributed by atoms with Gasteiger partial charge in [-0.2, -0.15) is 0 Å². The van der Waals surface area contributed by atoms with Crippen molar-refractivity contribution in [1.29, 1.82) is 0 Å². The molecule has 0 fully saturated rings. The maximum absolute atomic E-state index is 11.9. The number of hydrogen-bond acceptors (Lipinski definition) is 3. The largest absolute Gasteiger partial charge is 0.484 e. The summed E-state index contributed by atoms with van der Waals surface area (Å²) in [4.78, 5) is 23.1. The minimum atomic E-state index is -0.247. The van der Waals surface area contributed by atoms with E-state index in [0.29, 0.717) is 29.3 Å². The zero-order valence-electron chi connectivity index (χ0n) is 13.3. The molecule has 0 aliphatic carbocycles. The van der Waals surface area contributed by atoms with Gasteiger partial charge in [0.25, 0.3) is 5.91 Å². The number of benzene rings is 2. The van der Waals surface area contributed by atoms with E-state index in [2.05, 4.69) is 10.6 Å². The highest BCUT2D eigenvalue weighted by Crippen LogP contribution is 2.16. The fourth-order valence-corrected chi connectivity index (χ4v) is 2.14. The number of hydrogen-bond donors (Lipinski definition) is 2. The van der Waals surface area contributed by atoms with Crippen molar-refractivity contribution >= 4 is 29.1 Å². The lowest BCUT2D eigenvalue weighted by Gasteiger charge is -2.08. The molecule has 2 amide bonds. The Kier molecular flexibility index (Phi) is 6.63. The topological polar surface area (TPSA) is 67.4 Å². The van der Waals surface area contributed by atoms with Crippen LogP contribution in [0.1, 0.15) is 12.0 Å². The lowest BCUT2D eigenvalue weighted by atomic mass is 10.1. The van der Waals surface area contributed by atoms with Gasteiger partial charge in [0.15, 0.2) is 6.61 Å². The highest BCUT2D eigenvalue weighted by Gasteiger charge is 2.05. The number of nitrogens with one attached hydrogen (secondary N) is 2. The van der Waals surface area contributed by atoms with Gasteiger partial charge in [0.05, 0.1) is 0 Å². The summed E-state index contributed by atoms with van der Waals surface area (Å²) in [5, 5.41) is 5.96. The molecule has 2 N–H and O–H groups in total. The van der Waals surface area contributed by atoms with E-state index in [-0.39, 0.29) is 18.4 Å². The molecule has 0 aliphatic rings. The van der Waals surface area contributed by atoms with Gasteiger partial charge < -0.3 is 15.4 Å². The third-order valence-electron chi connectivity index (χ3n) is 3.34. The van der Waals surface area contributed by atoms with Crippen molar-refractivity contribution in [2.45, 2.75) is 12.8 Å². The van der Waals surface area contributed by atoms with Crippen LogP contribution >= 0.6 is 11.6 Å². The number of carbonyl (C=O) groups excluding carboxylic acids is 2. The number of rotatable bonds is 7. The van der Waals surface area contributed by atoms with Gasteiger partial charge in [0.2, 0.25) is 5.91 Å². The summed E-state index contributed by atoms with van der Waals surface area (Å²) in [5.41, 5.74) is 1.72. The molecular formula is C18H19ClN2O3. The molecule has 24 heavy (non-hydrogen) atoms. The molecule has 2 aromatic carbocycles. The van der Waals surface area contributed by atoms with Gasteiger partial charge in [-0.1, -0.05) is 23.7 Å². The van der Waals surface area contributed by atoms with Crippen LogP contribution in [0, 0.1) is 0 Å². The normalized spacial score (nSPS) is 10.1. The van der Waals surface area contributed by atoms with Gasteiger partial charge in [0, 0.05) is 24.2 Å². The highest BCUT2D eigenvalue weighted by atomic mass is 35.5. The van der Waals surface area contributed by atoms with E-state index in [1.165, 1.54) is 0 Å². The van der Waals surface area contributed by atoms with Crippen LogP contribution in [-0.2, 0) is 16.0 Å². The molecule has 0 atom stereocenters. The van der Waals surface area contributed by atoms with Gasteiger partial charge in [-0.15, -0.1) is 0 Å². The van der Waals surface area contributed by atoms with Crippen molar-refractivity contribution in [2.75, 3.05) is 19.0 Å². The first-order chi connectivity index (χ1) is 11.6. The van der Waals surface area contributed by atoms with Crippen LogP contribution in [0.3, 0.4) is 0 Å². The minimum Gasteiger partial charge on any atom is -0.484 e. The first kappa shape index (κ1) is 17.8. The zero-order chi connectivity index (χ0) is 17.4. The van der Waals surface area contributed by atoms with Gasteiger partial charge in [-0.3, -0.25) is 9.59 Å². The molecule has 5 nitrogen and oxygen atoms in total. The van der Waals surface area contributed by atoms with Crippen LogP contribution in [0.25, 0.3) is 0 Å². The Hall–Kier alpha value is -2.53. The highest BCUT2D eigenvalue weighted by molar-refractivity contribution is 6.30. The summed E-state index contributed by atoms with van der Waals surface area (Å²) in [6, 6.07) is 14.2. The second kappa shape index (κ2) is 8.93. The van der Waals surface area contributed by atoms with Crippen LogP contribution in [0.15, 0.2) is 48.5 Å². The molecule has 126 valence electrons. The molecule has 0 bridgehead atoms. The lowest BCUT2D eigenvalue weighted by Crippen LogP contribution is -2.20. The van der Waals surface area contributed by atoms with E-state index >= 15 is 0 Å². The molecule has 6 heteroatoms. The van der Waals surface area contributed by atoms with E-state index in [1.807, 2.05) is 12.1 Å². The summed E-state index contributed by atoms with van der Waals surface area (Å²) in [5.74, 6) is 0.342. The fourth-order valence-electron chi connectivity index (χ4n) is 2.01. The Morgan fingerprint density at radius 2 is 1.67 bits per heavy atom. The Labute approximate surface area is 146 Å². The molecule has 0 saturated carbocycles. The molecular weight excluding hydrogens is 328 g/mol. The maximum Gasteiger partial charge on any atom is 0.262 e. The van der Waals surface area contributed by atoms with Crippen molar-refractivity contribution in [2.24, 2.45) is 0 Å². The first-order valence-corrected chi connectivity index (χ1v) is 7.92. The van der Waals surface area contributed by atoms with Gasteiger partial charge >= 0.3 is 0 Å². The Balaban J connectivity index is 1.79. The van der Waals surface area contributed by atoms with Gasteiger partial charge in [-0.25, -0.2) is 0 Å². The van der Waals surface area contributed by atoms with Crippen molar-refractivity contribution in [1.82, 2.24) is 5.32 Å². The molecule has 0 saturated heterocycles. The van der Waals surface area contributed by atoms with Crippen LogP contribution in [0.2, 0.25) is 5.02 Å². The number of halogens is 1. The summed E-state index contributed by atoms with van der Waals surface area (Å²) in [6.45, 7) is -0.0833. The number of amides is 2. The van der Waals surface area contributed by atoms with Crippen LogP contribution < -0.4 is 15.4 Å². The zero-order valence-corrected chi connectivity index (χ0v) is 14.1. The average molecular weight is 347 g/mol. The third-order valence-corrected chi connectivity index (χ3v) is 3.59. The molecule has 0 unspecified atom stereocenters. The van der Waals surface area contributed by atoms with E-state index in [4.69, 9.17) is 16.3 Å². The Morgan fingerprint density at radius 3 is 2.29 bits per heavy atom. The number of anilines is 1. The number of aryl methyl sites for hydroxylation is 1. The van der Waals surface area contributed by atoms with Crippen molar-refractivity contribution in [3.8, 4) is 5.75 Å². The second-order valence-electron chi connectivity index (χ2n) is 5.16. The van der Waals surface area contributed by atoms with E-state index in [9.17, 15) is 9.59 Å². The smallest absolute Gasteiger partial charge is 0.262 e. The molecule has 0 radical (unpaired) electrons. The average Bonchev–Trinajstić information content (AvgIpc) is 2.60. The summed E-state index contributed by atoms with van der Waals surface area (Å²) < 4.78 is 5.38. The van der Waals surface area contributed by atoms with Gasteiger partial charge in [0.1, 0.15) is 5.75 Å². The predicted molar refractivity (Wildman–Crippen MR) is 94.4 cm³/mol. The second-order valence-corrected chi connectivity index (χ2v) is 5.60. The SMILES string of the molecule is CNC(=O)CCc1ccc(NC(=O)COc2ccc(Cl)cc2)cc1. The predicted octanol–water partition coefficient (Wildman–Crippen LogP) is 3.04. The quantitative estimate of drug-likeness (QED) is 0.809. The van der Waals surface area contributed by atoms with Crippen molar-refractivity contribution in [3.63, 3.8) is 0 Å². The molecule has 2 aromatic rings. The monoisotopic (exact) mass is 346 g/mol. The summed E-state index contributed by atoms with van der Waals surface area (Å²) >= 11 is 5.79. The third kappa shape index (κ3) is 5.93. The molecule has 2 rings (SSSR count). The van der Waals surface area contributed by atoms with E-state index in [0.717, 1.165) is 5.56 Å². The lowest BCUT2D eigenvalue weighted by molar-refractivity contribution is -0.120. The summed E-state index contributed by atoms with van der Waals surface area (Å²) in [7, 11) is 1.62. The molecule has 0 aliphatic heterocycles. The van der Waals surface area contributed by atoms with Crippen molar-refractivity contribution in [3.05, 3.63) is 59.1 Å². The van der Waals surface area contributed by atoms with Crippen molar-refractivity contribution < 1.29 is 14.3 Å². The minimum absolute atomic E-state index is 0.00623. The van der Waals surface area contributed by atoms with Gasteiger partial charge in [-0.05, 0) is 48.4 Å². The summed E-state index contributed by atoms with van der Waals surface area (Å²) in [6.07, 6.45) is 1.10. The first-order valence-electron chi connectivity index (χ1n) is 7.54. The fraction of sp³-hybridized carbons (Fsp3) is 0.222. The number of ether oxygens (including phenoxy) is 1. The Morgan fingerprint density at radius 1 is 1.00 bits per heavy atom. The number of carbonyl (C=O) groups is 2. The van der Waals surface area contributed by atoms with Crippen LogP contribution in [0.4, 0.5) is 5.69 Å². The van der Waals surface area contributed by atoms with E-state index in [1.54, 1.807) is 43.4 Å². The molecule has 0 heterocycles. The standard InChI is InChI=1S/C18H19ClN2O3/c1-20-17(22)11-4-13-2-7-15(8-3-13)21-18(23)12-24-16-9-5-14(19)6-10-16/h2-3,5-10H,4,11-12H2,1H3,(H,20,22)(H,21,23). The molecule has 0 spiro atoms. The Bertz CT molecular complexity index is 684. The van der Waals surface area contributed by atoms with Crippen LogP contribution in [0.5, 0.6) is 5.75 Å². The van der Waals surface area contributed by atoms with Crippen LogP contribution in [-0.4, -0.2) is 25.5 Å². The molecule has 0 aromatic heterocycles. The maximum atomic E-state index is 11.9.